The Labute approximate surface area is 162 Å². The van der Waals surface area contributed by atoms with Gasteiger partial charge in [-0.1, -0.05) is 0 Å². The van der Waals surface area contributed by atoms with Gasteiger partial charge in [0.05, 0.1) is 12.0 Å². The van der Waals surface area contributed by atoms with Crippen LogP contribution in [0.1, 0.15) is 64.7 Å². The fourth-order valence-corrected chi connectivity index (χ4v) is 10.4. The SMILES string of the molecule is CC1(C(=O)OC2CCCCO2)CC2CC1C1C3CC(C4C5CCC(C5)C34)C21. The van der Waals surface area contributed by atoms with E-state index in [1.807, 2.05) is 0 Å². The maximum absolute atomic E-state index is 13.3. The van der Waals surface area contributed by atoms with Crippen LogP contribution in [-0.4, -0.2) is 18.9 Å². The summed E-state index contributed by atoms with van der Waals surface area (Å²) in [6.07, 6.45) is 11.4. The third-order valence-electron chi connectivity index (χ3n) is 10.9. The van der Waals surface area contributed by atoms with Gasteiger partial charge in [-0.25, -0.2) is 0 Å². The highest BCUT2D eigenvalue weighted by Gasteiger charge is 2.74. The maximum Gasteiger partial charge on any atom is 0.314 e. The van der Waals surface area contributed by atoms with Crippen LogP contribution in [0.3, 0.4) is 0 Å². The number of ether oxygens (including phenoxy) is 2. The number of carbonyl (C=O) groups is 1. The predicted octanol–water partition coefficient (Wildman–Crippen LogP) is 4.65. The molecule has 1 heterocycles. The minimum absolute atomic E-state index is 0.0765. The van der Waals surface area contributed by atoms with Crippen molar-refractivity contribution in [2.45, 2.75) is 71.0 Å². The van der Waals surface area contributed by atoms with Gasteiger partial charge in [0.15, 0.2) is 0 Å². The Morgan fingerprint density at radius 1 is 0.889 bits per heavy atom. The van der Waals surface area contributed by atoms with Crippen molar-refractivity contribution in [2.24, 2.45) is 64.6 Å². The van der Waals surface area contributed by atoms with E-state index in [1.54, 1.807) is 6.42 Å². The first kappa shape index (κ1) is 16.3. The normalized spacial score (nSPS) is 62.0. The lowest BCUT2D eigenvalue weighted by atomic mass is 9.55. The Hall–Kier alpha value is -0.570. The Kier molecular flexibility index (Phi) is 3.20. The minimum Gasteiger partial charge on any atom is -0.435 e. The van der Waals surface area contributed by atoms with Crippen molar-refractivity contribution in [3.8, 4) is 0 Å². The van der Waals surface area contributed by atoms with Gasteiger partial charge >= 0.3 is 5.97 Å². The molecule has 0 aromatic rings. The Morgan fingerprint density at radius 2 is 1.63 bits per heavy atom. The zero-order chi connectivity index (χ0) is 17.9. The van der Waals surface area contributed by atoms with Crippen molar-refractivity contribution in [3.63, 3.8) is 0 Å². The first-order valence-electron chi connectivity index (χ1n) is 12.0. The highest BCUT2D eigenvalue weighted by Crippen LogP contribution is 2.78. The number of fused-ring (bicyclic) bond motifs is 16. The lowest BCUT2D eigenvalue weighted by Crippen LogP contribution is -2.48. The molecule has 3 nitrogen and oxygen atoms in total. The molecule has 0 aromatic heterocycles. The molecule has 7 fully saturated rings. The second kappa shape index (κ2) is 5.32. The van der Waals surface area contributed by atoms with E-state index < -0.39 is 0 Å². The third-order valence-corrected chi connectivity index (χ3v) is 10.9. The summed E-state index contributed by atoms with van der Waals surface area (Å²) in [6.45, 7) is 3.00. The summed E-state index contributed by atoms with van der Waals surface area (Å²) in [5, 5.41) is 0. The van der Waals surface area contributed by atoms with E-state index in [-0.39, 0.29) is 17.7 Å². The van der Waals surface area contributed by atoms with Gasteiger partial charge in [-0.3, -0.25) is 4.79 Å². The van der Waals surface area contributed by atoms with Gasteiger partial charge in [0.1, 0.15) is 0 Å². The van der Waals surface area contributed by atoms with E-state index in [0.29, 0.717) is 5.92 Å². The zero-order valence-corrected chi connectivity index (χ0v) is 16.6. The summed E-state index contributed by atoms with van der Waals surface area (Å²) in [4.78, 5) is 13.3. The Morgan fingerprint density at radius 3 is 2.37 bits per heavy atom. The molecule has 6 bridgehead atoms. The van der Waals surface area contributed by atoms with Crippen LogP contribution < -0.4 is 0 Å². The summed E-state index contributed by atoms with van der Waals surface area (Å²) in [7, 11) is 0. The van der Waals surface area contributed by atoms with Gasteiger partial charge in [0.25, 0.3) is 0 Å². The zero-order valence-electron chi connectivity index (χ0n) is 16.6. The van der Waals surface area contributed by atoms with E-state index in [9.17, 15) is 4.79 Å². The lowest BCUT2D eigenvalue weighted by Gasteiger charge is -2.49. The molecule has 0 N–H and O–H groups in total. The average molecular weight is 371 g/mol. The second-order valence-corrected chi connectivity index (χ2v) is 11.6. The molecule has 0 radical (unpaired) electrons. The van der Waals surface area contributed by atoms with Crippen molar-refractivity contribution >= 4 is 5.97 Å². The average Bonchev–Trinajstić information content (AvgIpc) is 3.46. The van der Waals surface area contributed by atoms with E-state index in [0.717, 1.165) is 85.6 Å². The molecular weight excluding hydrogens is 336 g/mol. The molecule has 6 aliphatic carbocycles. The van der Waals surface area contributed by atoms with Gasteiger partial charge in [-0.05, 0) is 117 Å². The van der Waals surface area contributed by atoms with Crippen molar-refractivity contribution in [2.75, 3.05) is 6.61 Å². The molecule has 1 saturated heterocycles. The molecule has 148 valence electrons. The highest BCUT2D eigenvalue weighted by atomic mass is 16.7. The summed E-state index contributed by atoms with van der Waals surface area (Å²) in [5.41, 5.74) is -0.232. The van der Waals surface area contributed by atoms with E-state index in [2.05, 4.69) is 6.92 Å². The van der Waals surface area contributed by atoms with Crippen LogP contribution in [0.2, 0.25) is 0 Å². The highest BCUT2D eigenvalue weighted by molar-refractivity contribution is 5.78. The van der Waals surface area contributed by atoms with Crippen LogP contribution in [0.5, 0.6) is 0 Å². The van der Waals surface area contributed by atoms with Crippen molar-refractivity contribution in [1.29, 1.82) is 0 Å². The maximum atomic E-state index is 13.3. The molecule has 0 aromatic carbocycles. The van der Waals surface area contributed by atoms with Crippen molar-refractivity contribution in [3.05, 3.63) is 0 Å². The number of carbonyl (C=O) groups excluding carboxylic acids is 1. The van der Waals surface area contributed by atoms with Crippen LogP contribution >= 0.6 is 0 Å². The first-order valence-corrected chi connectivity index (χ1v) is 12.0. The summed E-state index contributed by atoms with van der Waals surface area (Å²) in [5.74, 6) is 9.52. The summed E-state index contributed by atoms with van der Waals surface area (Å²) >= 11 is 0. The molecular formula is C24H34O3. The van der Waals surface area contributed by atoms with Crippen LogP contribution in [0, 0.1) is 64.6 Å². The largest absolute Gasteiger partial charge is 0.435 e. The molecule has 12 atom stereocenters. The molecule has 3 heteroatoms. The van der Waals surface area contributed by atoms with Gasteiger partial charge in [-0.15, -0.1) is 0 Å². The van der Waals surface area contributed by atoms with E-state index in [4.69, 9.17) is 9.47 Å². The van der Waals surface area contributed by atoms with Crippen LogP contribution in [0.15, 0.2) is 0 Å². The molecule has 12 unspecified atom stereocenters. The van der Waals surface area contributed by atoms with Gasteiger partial charge in [0.2, 0.25) is 6.29 Å². The van der Waals surface area contributed by atoms with Crippen LogP contribution in [0.25, 0.3) is 0 Å². The smallest absolute Gasteiger partial charge is 0.314 e. The van der Waals surface area contributed by atoms with Gasteiger partial charge < -0.3 is 9.47 Å². The fraction of sp³-hybridized carbons (Fsp3) is 0.958. The molecule has 7 aliphatic rings. The molecule has 1 aliphatic heterocycles. The minimum atomic E-state index is -0.270. The fourth-order valence-electron chi connectivity index (χ4n) is 10.4. The monoisotopic (exact) mass is 370 g/mol. The molecule has 27 heavy (non-hydrogen) atoms. The Bertz CT molecular complexity index is 669. The van der Waals surface area contributed by atoms with Crippen molar-refractivity contribution < 1.29 is 14.3 Å². The molecule has 0 amide bonds. The topological polar surface area (TPSA) is 35.5 Å². The third kappa shape index (κ3) is 1.91. The van der Waals surface area contributed by atoms with E-state index in [1.165, 1.54) is 25.7 Å². The Balaban J connectivity index is 1.15. The van der Waals surface area contributed by atoms with Crippen LogP contribution in [0.4, 0.5) is 0 Å². The summed E-state index contributed by atoms with van der Waals surface area (Å²) in [6, 6.07) is 0. The quantitative estimate of drug-likeness (QED) is 0.524. The van der Waals surface area contributed by atoms with Crippen LogP contribution in [-0.2, 0) is 14.3 Å². The first-order chi connectivity index (χ1) is 13.1. The van der Waals surface area contributed by atoms with E-state index >= 15 is 0 Å². The molecule has 6 saturated carbocycles. The second-order valence-electron chi connectivity index (χ2n) is 11.6. The predicted molar refractivity (Wildman–Crippen MR) is 100 cm³/mol. The number of hydrogen-bond acceptors (Lipinski definition) is 3. The number of esters is 1. The molecule has 0 spiro atoms. The van der Waals surface area contributed by atoms with Gasteiger partial charge in [-0.2, -0.15) is 0 Å². The number of rotatable bonds is 2. The standard InChI is InChI=1S/C24H34O3/c1-24(23(25)27-18-4-2-3-7-26-18)11-14-9-17(24)22-16-10-15(21(14)22)19-12-5-6-13(8-12)20(16)19/h12-22H,2-11H2,1H3. The molecule has 7 rings (SSSR count). The number of hydrogen-bond donors (Lipinski definition) is 0. The lowest BCUT2D eigenvalue weighted by molar-refractivity contribution is -0.202. The summed E-state index contributed by atoms with van der Waals surface area (Å²) < 4.78 is 11.7. The van der Waals surface area contributed by atoms with Crippen molar-refractivity contribution in [1.82, 2.24) is 0 Å². The van der Waals surface area contributed by atoms with Gasteiger partial charge in [0, 0.05) is 6.42 Å².